The van der Waals surface area contributed by atoms with Gasteiger partial charge in [-0.05, 0) is 21.8 Å². The van der Waals surface area contributed by atoms with E-state index in [2.05, 4.69) is 88.4 Å². The maximum Gasteiger partial charge on any atom is 0.261 e. The predicted octanol–water partition coefficient (Wildman–Crippen LogP) is 6.91. The van der Waals surface area contributed by atoms with Crippen LogP contribution < -0.4 is 10.4 Å². The molecule has 0 fully saturated rings. The smallest absolute Gasteiger partial charge is 0.261 e. The molecule has 0 aromatic heterocycles. The maximum absolute atomic E-state index is 6.87. The number of allylic oxidation sites excluding steroid dienone is 1. The van der Waals surface area contributed by atoms with Gasteiger partial charge in [-0.3, -0.25) is 0 Å². The minimum Gasteiger partial charge on any atom is -0.406 e. The van der Waals surface area contributed by atoms with E-state index in [0.717, 1.165) is 12.8 Å². The van der Waals surface area contributed by atoms with Gasteiger partial charge >= 0.3 is 0 Å². The number of alkyl halides is 2. The van der Waals surface area contributed by atoms with Crippen molar-refractivity contribution in [3.05, 3.63) is 72.8 Å². The van der Waals surface area contributed by atoms with Crippen LogP contribution in [0.1, 0.15) is 53.4 Å². The minimum absolute atomic E-state index is 0.0330. The lowest BCUT2D eigenvalue weighted by atomic mass is 10.1. The van der Waals surface area contributed by atoms with Crippen LogP contribution in [-0.4, -0.2) is 25.7 Å². The van der Waals surface area contributed by atoms with Gasteiger partial charge in [-0.1, -0.05) is 120 Å². The van der Waals surface area contributed by atoms with E-state index in [4.69, 9.17) is 27.6 Å². The van der Waals surface area contributed by atoms with Crippen LogP contribution in [0, 0.1) is 0 Å². The molecule has 0 radical (unpaired) electrons. The van der Waals surface area contributed by atoms with E-state index in [1.54, 1.807) is 0 Å². The van der Waals surface area contributed by atoms with Crippen LogP contribution in [0.4, 0.5) is 0 Å². The molecule has 0 bridgehead atoms. The molecule has 2 atom stereocenters. The van der Waals surface area contributed by atoms with Crippen LogP contribution in [0.3, 0.4) is 0 Å². The molecule has 0 saturated carbocycles. The summed E-state index contributed by atoms with van der Waals surface area (Å²) in [5, 5.41) is 2.31. The third-order valence-corrected chi connectivity index (χ3v) is 11.1. The number of benzene rings is 2. The van der Waals surface area contributed by atoms with E-state index in [1.807, 2.05) is 12.2 Å². The molecular formula is C26H36Cl2OSi. The second-order valence-electron chi connectivity index (χ2n) is 8.89. The summed E-state index contributed by atoms with van der Waals surface area (Å²) < 4.78 is 6.87. The number of halogens is 2. The molecule has 1 nitrogen and oxygen atoms in total. The van der Waals surface area contributed by atoms with Crippen molar-refractivity contribution in [1.82, 2.24) is 0 Å². The summed E-state index contributed by atoms with van der Waals surface area (Å²) in [5.41, 5.74) is 0. The molecule has 0 saturated heterocycles. The molecule has 2 rings (SSSR count). The fourth-order valence-electron chi connectivity index (χ4n) is 3.95. The molecule has 2 aromatic carbocycles. The van der Waals surface area contributed by atoms with Gasteiger partial charge < -0.3 is 4.43 Å². The lowest BCUT2D eigenvalue weighted by Gasteiger charge is -2.43. The van der Waals surface area contributed by atoms with Crippen molar-refractivity contribution >= 4 is 41.9 Å². The molecular weight excluding hydrogens is 427 g/mol. The van der Waals surface area contributed by atoms with Gasteiger partial charge in [0.15, 0.2) is 0 Å². The quantitative estimate of drug-likeness (QED) is 0.152. The summed E-state index contributed by atoms with van der Waals surface area (Å²) in [4.78, 5) is 0. The highest BCUT2D eigenvalue weighted by Gasteiger charge is 2.50. The predicted molar refractivity (Wildman–Crippen MR) is 136 cm³/mol. The molecule has 0 N–H and O–H groups in total. The first-order valence-corrected chi connectivity index (χ1v) is 13.8. The van der Waals surface area contributed by atoms with Crippen LogP contribution in [0.2, 0.25) is 5.04 Å². The molecule has 0 heterocycles. The molecule has 4 heteroatoms. The zero-order valence-electron chi connectivity index (χ0n) is 18.8. The van der Waals surface area contributed by atoms with E-state index in [1.165, 1.54) is 23.2 Å². The fraction of sp³-hybridized carbons (Fsp3) is 0.462. The number of hydrogen-bond donors (Lipinski definition) is 0. The van der Waals surface area contributed by atoms with E-state index in [9.17, 15) is 0 Å². The number of hydrogen-bond acceptors (Lipinski definition) is 1. The van der Waals surface area contributed by atoms with Crippen molar-refractivity contribution in [1.29, 1.82) is 0 Å². The van der Waals surface area contributed by atoms with Gasteiger partial charge in [-0.15, -0.1) is 23.2 Å². The van der Waals surface area contributed by atoms with Gasteiger partial charge in [-0.2, -0.15) is 0 Å². The zero-order valence-corrected chi connectivity index (χ0v) is 21.3. The van der Waals surface area contributed by atoms with Crippen molar-refractivity contribution in [2.75, 3.05) is 6.61 Å². The van der Waals surface area contributed by atoms with Crippen LogP contribution in [0.15, 0.2) is 72.8 Å². The van der Waals surface area contributed by atoms with Crippen LogP contribution in [0.25, 0.3) is 0 Å². The SMILES string of the molecule is CCCCCC(Cl)/C=C\C(Cl)CO[Si](c1ccccc1)(c1ccccc1)C(C)(C)C. The molecule has 30 heavy (non-hydrogen) atoms. The first-order valence-electron chi connectivity index (χ1n) is 11.0. The topological polar surface area (TPSA) is 9.23 Å². The van der Waals surface area contributed by atoms with Crippen molar-refractivity contribution in [3.63, 3.8) is 0 Å². The normalized spacial score (nSPS) is 14.7. The molecule has 0 spiro atoms. The number of unbranched alkanes of at least 4 members (excludes halogenated alkanes) is 2. The van der Waals surface area contributed by atoms with Crippen molar-refractivity contribution < 1.29 is 4.43 Å². The largest absolute Gasteiger partial charge is 0.406 e. The Kier molecular flexibility index (Phi) is 10.2. The Morgan fingerprint density at radius 2 is 1.33 bits per heavy atom. The molecule has 0 aliphatic rings. The van der Waals surface area contributed by atoms with E-state index >= 15 is 0 Å². The summed E-state index contributed by atoms with van der Waals surface area (Å²) in [6.07, 6.45) is 8.61. The highest BCUT2D eigenvalue weighted by molar-refractivity contribution is 6.99. The maximum atomic E-state index is 6.87. The van der Waals surface area contributed by atoms with Crippen LogP contribution in [-0.2, 0) is 4.43 Å². The molecule has 0 amide bonds. The molecule has 0 aliphatic carbocycles. The molecule has 164 valence electrons. The Hall–Kier alpha value is -1.06. The molecule has 0 aliphatic heterocycles. The first kappa shape index (κ1) is 25.2. The van der Waals surface area contributed by atoms with Gasteiger partial charge in [0, 0.05) is 0 Å². The third kappa shape index (κ3) is 6.72. The minimum atomic E-state index is -2.55. The highest BCUT2D eigenvalue weighted by atomic mass is 35.5. The average Bonchev–Trinajstić information content (AvgIpc) is 2.73. The summed E-state index contributed by atoms with van der Waals surface area (Å²) in [6.45, 7) is 9.50. The van der Waals surface area contributed by atoms with Crippen LogP contribution >= 0.6 is 23.2 Å². The van der Waals surface area contributed by atoms with E-state index < -0.39 is 8.32 Å². The average molecular weight is 464 g/mol. The van der Waals surface area contributed by atoms with Crippen molar-refractivity contribution in [3.8, 4) is 0 Å². The van der Waals surface area contributed by atoms with Gasteiger partial charge in [-0.25, -0.2) is 0 Å². The van der Waals surface area contributed by atoms with Gasteiger partial charge in [0.1, 0.15) is 0 Å². The van der Waals surface area contributed by atoms with Crippen molar-refractivity contribution in [2.24, 2.45) is 0 Å². The molecule has 2 aromatic rings. The van der Waals surface area contributed by atoms with E-state index in [0.29, 0.717) is 6.61 Å². The second kappa shape index (κ2) is 12.1. The fourth-order valence-corrected chi connectivity index (χ4v) is 9.02. The van der Waals surface area contributed by atoms with Crippen molar-refractivity contribution in [2.45, 2.75) is 69.2 Å². The third-order valence-electron chi connectivity index (χ3n) is 5.49. The zero-order chi connectivity index (χ0) is 22.0. The van der Waals surface area contributed by atoms with Gasteiger partial charge in [0.05, 0.1) is 17.4 Å². The Balaban J connectivity index is 2.24. The van der Waals surface area contributed by atoms with E-state index in [-0.39, 0.29) is 15.8 Å². The Morgan fingerprint density at radius 1 is 0.833 bits per heavy atom. The summed E-state index contributed by atoms with van der Waals surface area (Å²) in [7, 11) is -2.55. The molecule has 2 unspecified atom stereocenters. The summed E-state index contributed by atoms with van der Waals surface area (Å²) in [5.74, 6) is 0. The lowest BCUT2D eigenvalue weighted by Crippen LogP contribution is -2.67. The monoisotopic (exact) mass is 462 g/mol. The van der Waals surface area contributed by atoms with Gasteiger partial charge in [0.2, 0.25) is 0 Å². The van der Waals surface area contributed by atoms with Crippen LogP contribution in [0.5, 0.6) is 0 Å². The summed E-state index contributed by atoms with van der Waals surface area (Å²) in [6, 6.07) is 21.3. The van der Waals surface area contributed by atoms with Gasteiger partial charge in [0.25, 0.3) is 8.32 Å². The lowest BCUT2D eigenvalue weighted by molar-refractivity contribution is 0.307. The highest BCUT2D eigenvalue weighted by Crippen LogP contribution is 2.37. The Bertz CT molecular complexity index is 716. The second-order valence-corrected chi connectivity index (χ2v) is 14.3. The standard InChI is InChI=1S/C26H36Cl2OSi/c1-5-6-9-14-22(27)19-20-23(28)21-29-30(26(2,3)4,24-15-10-7-11-16-24)25-17-12-8-13-18-25/h7-8,10-13,15-20,22-23H,5-6,9,14,21H2,1-4H3/b20-19-. The Morgan fingerprint density at radius 3 is 1.80 bits per heavy atom. The first-order chi connectivity index (χ1) is 14.3. The number of rotatable bonds is 11. The summed E-state index contributed by atoms with van der Waals surface area (Å²) >= 11 is 13.1. The Labute approximate surface area is 194 Å².